The summed E-state index contributed by atoms with van der Waals surface area (Å²) in [6.45, 7) is 2.57. The first-order chi connectivity index (χ1) is 6.31. The maximum Gasteiger partial charge on any atom is 0.309 e. The van der Waals surface area contributed by atoms with E-state index in [2.05, 4.69) is 0 Å². The van der Waals surface area contributed by atoms with Crippen molar-refractivity contribution in [3.05, 3.63) is 0 Å². The maximum atomic E-state index is 11.4. The van der Waals surface area contributed by atoms with Crippen LogP contribution >= 0.6 is 0 Å². The average Bonchev–Trinajstić information content (AvgIpc) is 2.91. The molecule has 1 saturated heterocycles. The Morgan fingerprint density at radius 1 is 1.46 bits per heavy atom. The van der Waals surface area contributed by atoms with Crippen molar-refractivity contribution >= 4 is 5.97 Å². The molecule has 1 heterocycles. The van der Waals surface area contributed by atoms with Crippen LogP contribution < -0.4 is 0 Å². The molecule has 0 amide bonds. The molecule has 2 fully saturated rings. The van der Waals surface area contributed by atoms with E-state index >= 15 is 0 Å². The van der Waals surface area contributed by atoms with Crippen LogP contribution in [-0.4, -0.2) is 24.8 Å². The highest BCUT2D eigenvalue weighted by molar-refractivity contribution is 5.72. The van der Waals surface area contributed by atoms with Crippen LogP contribution in [0.2, 0.25) is 0 Å². The molecule has 2 unspecified atom stereocenters. The standard InChI is InChI=1S/C10H16O3/c1-2-5-12-10(11)7-3-4-8-9(6-7)13-8/h7-9H,2-6H2,1H3/t7?,8-,9?/m0/s1. The summed E-state index contributed by atoms with van der Waals surface area (Å²) in [7, 11) is 0. The van der Waals surface area contributed by atoms with Crippen molar-refractivity contribution in [2.45, 2.75) is 44.8 Å². The molecule has 2 rings (SSSR count). The Morgan fingerprint density at radius 3 is 3.00 bits per heavy atom. The Balaban J connectivity index is 1.75. The number of hydrogen-bond donors (Lipinski definition) is 0. The third-order valence-electron chi connectivity index (χ3n) is 2.79. The van der Waals surface area contributed by atoms with Crippen LogP contribution in [-0.2, 0) is 14.3 Å². The zero-order chi connectivity index (χ0) is 9.26. The highest BCUT2D eigenvalue weighted by Gasteiger charge is 2.46. The lowest BCUT2D eigenvalue weighted by Crippen LogP contribution is -2.24. The monoisotopic (exact) mass is 184 g/mol. The van der Waals surface area contributed by atoms with Gasteiger partial charge < -0.3 is 9.47 Å². The third kappa shape index (κ3) is 2.02. The molecule has 13 heavy (non-hydrogen) atoms. The second kappa shape index (κ2) is 3.66. The van der Waals surface area contributed by atoms with Crippen LogP contribution in [0.1, 0.15) is 32.6 Å². The molecule has 0 spiro atoms. The number of ether oxygens (including phenoxy) is 2. The molecule has 74 valence electrons. The molecule has 1 aliphatic heterocycles. The van der Waals surface area contributed by atoms with E-state index < -0.39 is 0 Å². The minimum Gasteiger partial charge on any atom is -0.465 e. The van der Waals surface area contributed by atoms with Gasteiger partial charge in [-0.3, -0.25) is 4.79 Å². The van der Waals surface area contributed by atoms with Gasteiger partial charge in [0.05, 0.1) is 24.7 Å². The van der Waals surface area contributed by atoms with Gasteiger partial charge in [-0.25, -0.2) is 0 Å². The number of rotatable bonds is 3. The minimum atomic E-state index is -0.0178. The summed E-state index contributed by atoms with van der Waals surface area (Å²) < 4.78 is 10.5. The molecule has 0 aromatic heterocycles. The second-order valence-electron chi connectivity index (χ2n) is 3.89. The SMILES string of the molecule is CCCOC(=O)C1CC[C@@H]2OC2C1. The smallest absolute Gasteiger partial charge is 0.309 e. The summed E-state index contributed by atoms with van der Waals surface area (Å²) in [4.78, 5) is 11.4. The fourth-order valence-electron chi connectivity index (χ4n) is 1.94. The van der Waals surface area contributed by atoms with Crippen molar-refractivity contribution in [2.24, 2.45) is 5.92 Å². The predicted molar refractivity (Wildman–Crippen MR) is 47.3 cm³/mol. The van der Waals surface area contributed by atoms with E-state index in [1.54, 1.807) is 0 Å². The molecule has 1 aliphatic carbocycles. The van der Waals surface area contributed by atoms with Gasteiger partial charge in [0.15, 0.2) is 0 Å². The highest BCUT2D eigenvalue weighted by atomic mass is 16.6. The van der Waals surface area contributed by atoms with Crippen LogP contribution in [0.4, 0.5) is 0 Å². The van der Waals surface area contributed by atoms with Crippen molar-refractivity contribution in [1.82, 2.24) is 0 Å². The molecule has 0 bridgehead atoms. The minimum absolute atomic E-state index is 0.0178. The number of carbonyl (C=O) groups is 1. The molecule has 0 radical (unpaired) electrons. The molecule has 0 aromatic carbocycles. The van der Waals surface area contributed by atoms with Gasteiger partial charge >= 0.3 is 5.97 Å². The van der Waals surface area contributed by atoms with Crippen LogP contribution in [0.25, 0.3) is 0 Å². The molecule has 3 atom stereocenters. The molecular formula is C10H16O3. The van der Waals surface area contributed by atoms with Crippen LogP contribution in [0.5, 0.6) is 0 Å². The molecule has 3 heteroatoms. The second-order valence-corrected chi connectivity index (χ2v) is 3.89. The van der Waals surface area contributed by atoms with E-state index in [9.17, 15) is 4.79 Å². The van der Waals surface area contributed by atoms with Crippen LogP contribution in [0.15, 0.2) is 0 Å². The van der Waals surface area contributed by atoms with Gasteiger partial charge in [0.25, 0.3) is 0 Å². The van der Waals surface area contributed by atoms with Crippen molar-refractivity contribution in [1.29, 1.82) is 0 Å². The Bertz CT molecular complexity index is 202. The molecule has 3 nitrogen and oxygen atoms in total. The van der Waals surface area contributed by atoms with E-state index in [0.29, 0.717) is 18.8 Å². The third-order valence-corrected chi connectivity index (χ3v) is 2.79. The molecule has 0 N–H and O–H groups in total. The fourth-order valence-corrected chi connectivity index (χ4v) is 1.94. The Labute approximate surface area is 78.4 Å². The van der Waals surface area contributed by atoms with Gasteiger partial charge in [-0.15, -0.1) is 0 Å². The van der Waals surface area contributed by atoms with Gasteiger partial charge in [0.1, 0.15) is 0 Å². The summed E-state index contributed by atoms with van der Waals surface area (Å²) in [5.41, 5.74) is 0. The molecule has 2 aliphatic rings. The first-order valence-corrected chi connectivity index (χ1v) is 5.13. The number of carbonyl (C=O) groups excluding carboxylic acids is 1. The normalized spacial score (nSPS) is 36.5. The largest absolute Gasteiger partial charge is 0.465 e. The Kier molecular flexibility index (Phi) is 2.54. The zero-order valence-electron chi connectivity index (χ0n) is 7.99. The van der Waals surface area contributed by atoms with Gasteiger partial charge in [0.2, 0.25) is 0 Å². The van der Waals surface area contributed by atoms with E-state index in [-0.39, 0.29) is 11.9 Å². The van der Waals surface area contributed by atoms with Crippen molar-refractivity contribution in [3.63, 3.8) is 0 Å². The van der Waals surface area contributed by atoms with E-state index in [1.165, 1.54) is 0 Å². The molecular weight excluding hydrogens is 168 g/mol. The van der Waals surface area contributed by atoms with Crippen LogP contribution in [0, 0.1) is 5.92 Å². The van der Waals surface area contributed by atoms with E-state index in [0.717, 1.165) is 25.7 Å². The van der Waals surface area contributed by atoms with Crippen molar-refractivity contribution in [3.8, 4) is 0 Å². The predicted octanol–water partition coefficient (Wildman–Crippen LogP) is 1.51. The van der Waals surface area contributed by atoms with Gasteiger partial charge in [-0.2, -0.15) is 0 Å². The number of epoxide rings is 1. The topological polar surface area (TPSA) is 38.8 Å². The average molecular weight is 184 g/mol. The molecule has 0 aromatic rings. The van der Waals surface area contributed by atoms with Crippen LogP contribution in [0.3, 0.4) is 0 Å². The molecule has 1 saturated carbocycles. The lowest BCUT2D eigenvalue weighted by molar-refractivity contribution is -0.149. The quantitative estimate of drug-likeness (QED) is 0.493. The summed E-state index contributed by atoms with van der Waals surface area (Å²) in [5.74, 6) is 0.0890. The van der Waals surface area contributed by atoms with E-state index in [4.69, 9.17) is 9.47 Å². The lowest BCUT2D eigenvalue weighted by atomic mass is 9.89. The summed E-state index contributed by atoms with van der Waals surface area (Å²) >= 11 is 0. The number of fused-ring (bicyclic) bond motifs is 1. The van der Waals surface area contributed by atoms with Crippen molar-refractivity contribution in [2.75, 3.05) is 6.61 Å². The number of esters is 1. The number of hydrogen-bond acceptors (Lipinski definition) is 3. The van der Waals surface area contributed by atoms with Gasteiger partial charge in [-0.05, 0) is 25.7 Å². The summed E-state index contributed by atoms with van der Waals surface area (Å²) in [5, 5.41) is 0. The maximum absolute atomic E-state index is 11.4. The van der Waals surface area contributed by atoms with Gasteiger partial charge in [0, 0.05) is 0 Å². The zero-order valence-corrected chi connectivity index (χ0v) is 7.99. The van der Waals surface area contributed by atoms with Crippen molar-refractivity contribution < 1.29 is 14.3 Å². The Morgan fingerprint density at radius 2 is 2.31 bits per heavy atom. The van der Waals surface area contributed by atoms with Gasteiger partial charge in [-0.1, -0.05) is 6.92 Å². The first-order valence-electron chi connectivity index (χ1n) is 5.13. The fraction of sp³-hybridized carbons (Fsp3) is 0.900. The summed E-state index contributed by atoms with van der Waals surface area (Å²) in [6.07, 6.45) is 4.61. The lowest BCUT2D eigenvalue weighted by Gasteiger charge is -2.16. The van der Waals surface area contributed by atoms with E-state index in [1.807, 2.05) is 6.92 Å². The Hall–Kier alpha value is -0.570. The summed E-state index contributed by atoms with van der Waals surface area (Å²) in [6, 6.07) is 0. The highest BCUT2D eigenvalue weighted by Crippen LogP contribution is 2.39. The first kappa shape index (κ1) is 9.00.